The highest BCUT2D eigenvalue weighted by atomic mass is 16.4. The van der Waals surface area contributed by atoms with Crippen LogP contribution >= 0.6 is 0 Å². The summed E-state index contributed by atoms with van der Waals surface area (Å²) < 4.78 is 0. The first-order valence-corrected chi connectivity index (χ1v) is 7.25. The van der Waals surface area contributed by atoms with E-state index in [2.05, 4.69) is 5.32 Å². The molecule has 3 atom stereocenters. The van der Waals surface area contributed by atoms with Gasteiger partial charge in [0.25, 0.3) is 0 Å². The molecule has 0 bridgehead atoms. The van der Waals surface area contributed by atoms with Crippen molar-refractivity contribution in [1.82, 2.24) is 5.32 Å². The molecule has 1 saturated carbocycles. The van der Waals surface area contributed by atoms with Crippen LogP contribution in [0.5, 0.6) is 0 Å². The van der Waals surface area contributed by atoms with Crippen LogP contribution in [0, 0.1) is 11.8 Å². The summed E-state index contributed by atoms with van der Waals surface area (Å²) in [4.78, 5) is 22.4. The number of carboxylic acid groups (broad SMARTS) is 1. The SMILES string of the molecule is CC(CCNC(=O)C1CCCCC1N)CCC(=O)O. The summed E-state index contributed by atoms with van der Waals surface area (Å²) in [6, 6.07) is -0.00168. The number of carbonyl (C=O) groups is 2. The zero-order valence-corrected chi connectivity index (χ0v) is 11.7. The third-order valence-electron chi connectivity index (χ3n) is 3.94. The van der Waals surface area contributed by atoms with Gasteiger partial charge in [-0.25, -0.2) is 0 Å². The van der Waals surface area contributed by atoms with Crippen molar-refractivity contribution in [3.8, 4) is 0 Å². The largest absolute Gasteiger partial charge is 0.481 e. The molecule has 1 fully saturated rings. The number of hydrogen-bond donors (Lipinski definition) is 3. The highest BCUT2D eigenvalue weighted by Gasteiger charge is 2.27. The number of carboxylic acids is 1. The lowest BCUT2D eigenvalue weighted by molar-refractivity contribution is -0.137. The summed E-state index contributed by atoms with van der Waals surface area (Å²) in [5.74, 6) is -0.416. The maximum atomic E-state index is 12.0. The van der Waals surface area contributed by atoms with Gasteiger partial charge in [0, 0.05) is 19.0 Å². The molecular formula is C14H26N2O3. The van der Waals surface area contributed by atoms with E-state index in [-0.39, 0.29) is 24.3 Å². The van der Waals surface area contributed by atoms with Crippen LogP contribution < -0.4 is 11.1 Å². The fourth-order valence-corrected chi connectivity index (χ4v) is 2.57. The van der Waals surface area contributed by atoms with Crippen LogP contribution in [0.3, 0.4) is 0 Å². The molecule has 1 aliphatic rings. The highest BCUT2D eigenvalue weighted by molar-refractivity contribution is 5.79. The molecule has 0 heterocycles. The molecule has 5 heteroatoms. The molecule has 0 aromatic carbocycles. The predicted octanol–water partition coefficient (Wildman–Crippen LogP) is 1.51. The molecule has 0 radical (unpaired) electrons. The Bertz CT molecular complexity index is 307. The van der Waals surface area contributed by atoms with E-state index in [1.807, 2.05) is 6.92 Å². The van der Waals surface area contributed by atoms with Gasteiger partial charge in [-0.3, -0.25) is 9.59 Å². The lowest BCUT2D eigenvalue weighted by Gasteiger charge is -2.27. The molecule has 1 aliphatic carbocycles. The third kappa shape index (κ3) is 6.05. The zero-order chi connectivity index (χ0) is 14.3. The number of nitrogens with one attached hydrogen (secondary N) is 1. The molecule has 5 nitrogen and oxygen atoms in total. The Balaban J connectivity index is 2.17. The normalized spacial score (nSPS) is 24.7. The Morgan fingerprint density at radius 2 is 2.00 bits per heavy atom. The fraction of sp³-hybridized carbons (Fsp3) is 0.857. The standard InChI is InChI=1S/C14H26N2O3/c1-10(6-7-13(17)18)8-9-16-14(19)11-4-2-3-5-12(11)15/h10-12H,2-9,15H2,1H3,(H,16,19)(H,17,18). The zero-order valence-electron chi connectivity index (χ0n) is 11.7. The molecular weight excluding hydrogens is 244 g/mol. The van der Waals surface area contributed by atoms with Crippen LogP contribution in [0.2, 0.25) is 0 Å². The van der Waals surface area contributed by atoms with Crippen LogP contribution in [0.15, 0.2) is 0 Å². The number of nitrogens with two attached hydrogens (primary N) is 1. The lowest BCUT2D eigenvalue weighted by atomic mass is 9.84. The van der Waals surface area contributed by atoms with E-state index in [1.165, 1.54) is 0 Å². The number of hydrogen-bond acceptors (Lipinski definition) is 3. The maximum Gasteiger partial charge on any atom is 0.303 e. The van der Waals surface area contributed by atoms with Crippen molar-refractivity contribution in [1.29, 1.82) is 0 Å². The monoisotopic (exact) mass is 270 g/mol. The van der Waals surface area contributed by atoms with E-state index in [9.17, 15) is 9.59 Å². The predicted molar refractivity (Wildman–Crippen MR) is 73.6 cm³/mol. The van der Waals surface area contributed by atoms with Gasteiger partial charge in [-0.2, -0.15) is 0 Å². The second kappa shape index (κ2) is 8.15. The maximum absolute atomic E-state index is 12.0. The van der Waals surface area contributed by atoms with Gasteiger partial charge in [0.05, 0.1) is 5.92 Å². The minimum Gasteiger partial charge on any atom is -0.481 e. The van der Waals surface area contributed by atoms with Gasteiger partial charge in [-0.1, -0.05) is 19.8 Å². The summed E-state index contributed by atoms with van der Waals surface area (Å²) in [6.07, 6.45) is 5.71. The minimum absolute atomic E-state index is 0.00168. The van der Waals surface area contributed by atoms with Crippen molar-refractivity contribution in [3.05, 3.63) is 0 Å². The summed E-state index contributed by atoms with van der Waals surface area (Å²) in [6.45, 7) is 2.63. The Labute approximate surface area is 114 Å². The third-order valence-corrected chi connectivity index (χ3v) is 3.94. The quantitative estimate of drug-likeness (QED) is 0.654. The van der Waals surface area contributed by atoms with Gasteiger partial charge in [-0.15, -0.1) is 0 Å². The van der Waals surface area contributed by atoms with Crippen molar-refractivity contribution >= 4 is 11.9 Å². The number of carbonyl (C=O) groups excluding carboxylic acids is 1. The molecule has 0 spiro atoms. The number of aliphatic carboxylic acids is 1. The second-order valence-electron chi connectivity index (χ2n) is 5.67. The molecule has 0 aromatic heterocycles. The van der Waals surface area contributed by atoms with Crippen molar-refractivity contribution in [2.75, 3.05) is 6.54 Å². The fourth-order valence-electron chi connectivity index (χ4n) is 2.57. The molecule has 0 saturated heterocycles. The van der Waals surface area contributed by atoms with E-state index in [1.54, 1.807) is 0 Å². The Morgan fingerprint density at radius 1 is 1.32 bits per heavy atom. The number of amides is 1. The van der Waals surface area contributed by atoms with E-state index in [4.69, 9.17) is 10.8 Å². The lowest BCUT2D eigenvalue weighted by Crippen LogP contribution is -2.44. The van der Waals surface area contributed by atoms with Crippen molar-refractivity contribution in [3.63, 3.8) is 0 Å². The molecule has 3 unspecified atom stereocenters. The van der Waals surface area contributed by atoms with E-state index in [0.717, 1.165) is 32.1 Å². The first-order valence-electron chi connectivity index (χ1n) is 7.25. The van der Waals surface area contributed by atoms with Crippen LogP contribution in [0.25, 0.3) is 0 Å². The minimum atomic E-state index is -0.760. The smallest absolute Gasteiger partial charge is 0.303 e. The second-order valence-corrected chi connectivity index (χ2v) is 5.67. The average molecular weight is 270 g/mol. The molecule has 0 aromatic rings. The highest BCUT2D eigenvalue weighted by Crippen LogP contribution is 2.23. The van der Waals surface area contributed by atoms with Crippen molar-refractivity contribution < 1.29 is 14.7 Å². The first-order chi connectivity index (χ1) is 9.00. The van der Waals surface area contributed by atoms with Gasteiger partial charge in [0.2, 0.25) is 5.91 Å². The molecule has 1 amide bonds. The van der Waals surface area contributed by atoms with E-state index < -0.39 is 5.97 Å². The summed E-state index contributed by atoms with van der Waals surface area (Å²) in [5, 5.41) is 11.5. The van der Waals surface area contributed by atoms with Crippen molar-refractivity contribution in [2.45, 2.75) is 57.9 Å². The van der Waals surface area contributed by atoms with E-state index >= 15 is 0 Å². The van der Waals surface area contributed by atoms with Crippen LogP contribution in [-0.2, 0) is 9.59 Å². The molecule has 19 heavy (non-hydrogen) atoms. The first kappa shape index (κ1) is 16.0. The Morgan fingerprint density at radius 3 is 2.63 bits per heavy atom. The van der Waals surface area contributed by atoms with Gasteiger partial charge in [0.1, 0.15) is 0 Å². The van der Waals surface area contributed by atoms with Crippen LogP contribution in [0.1, 0.15) is 51.9 Å². The number of rotatable bonds is 7. The average Bonchev–Trinajstić information content (AvgIpc) is 2.36. The van der Waals surface area contributed by atoms with Gasteiger partial charge >= 0.3 is 5.97 Å². The van der Waals surface area contributed by atoms with Crippen molar-refractivity contribution in [2.24, 2.45) is 17.6 Å². The van der Waals surface area contributed by atoms with Crippen LogP contribution in [-0.4, -0.2) is 29.6 Å². The summed E-state index contributed by atoms with van der Waals surface area (Å²) >= 11 is 0. The van der Waals surface area contributed by atoms with Gasteiger partial charge in [-0.05, 0) is 31.6 Å². The van der Waals surface area contributed by atoms with Crippen LogP contribution in [0.4, 0.5) is 0 Å². The Hall–Kier alpha value is -1.10. The van der Waals surface area contributed by atoms with E-state index in [0.29, 0.717) is 18.9 Å². The topological polar surface area (TPSA) is 92.4 Å². The summed E-state index contributed by atoms with van der Waals surface area (Å²) in [7, 11) is 0. The molecule has 0 aliphatic heterocycles. The Kier molecular flexibility index (Phi) is 6.84. The molecule has 110 valence electrons. The van der Waals surface area contributed by atoms with Gasteiger partial charge < -0.3 is 16.2 Å². The molecule has 4 N–H and O–H groups in total. The van der Waals surface area contributed by atoms with Gasteiger partial charge in [0.15, 0.2) is 0 Å². The molecule has 1 rings (SSSR count). The summed E-state index contributed by atoms with van der Waals surface area (Å²) in [5.41, 5.74) is 5.97.